The number of nitrogens with zero attached hydrogens (tertiary/aromatic N) is 2. The van der Waals surface area contributed by atoms with Gasteiger partial charge >= 0.3 is 0 Å². The molecule has 10 heavy (non-hydrogen) atoms. The summed E-state index contributed by atoms with van der Waals surface area (Å²) in [5, 5.41) is 7.53. The third-order valence-electron chi connectivity index (χ3n) is 1.48. The Hall–Kier alpha value is -0.890. The van der Waals surface area contributed by atoms with E-state index >= 15 is 0 Å². The molecular formula is C7H5ClN2. The lowest BCUT2D eigenvalue weighted by Crippen LogP contribution is -2.15. The van der Waals surface area contributed by atoms with E-state index in [0.717, 1.165) is 11.3 Å². The average molecular weight is 153 g/mol. The molecule has 0 saturated heterocycles. The number of rotatable bonds is 0. The molecule has 0 spiro atoms. The molecule has 1 aliphatic carbocycles. The smallest absolute Gasteiger partial charge is 0.0966 e. The molecule has 0 aromatic heterocycles. The van der Waals surface area contributed by atoms with Gasteiger partial charge in [0.05, 0.1) is 17.3 Å². The van der Waals surface area contributed by atoms with Crippen LogP contribution in [0.5, 0.6) is 0 Å². The molecule has 2 rings (SSSR count). The van der Waals surface area contributed by atoms with Crippen LogP contribution in [0, 0.1) is 0 Å². The minimum Gasteiger partial charge on any atom is -0.158 e. The second kappa shape index (κ2) is 2.06. The number of alkyl halides is 1. The van der Waals surface area contributed by atoms with Crippen LogP contribution in [0.3, 0.4) is 0 Å². The molecule has 2 nitrogen and oxygen atoms in total. The van der Waals surface area contributed by atoms with Gasteiger partial charge in [-0.2, -0.15) is 10.2 Å². The lowest BCUT2D eigenvalue weighted by atomic mass is 10.0. The van der Waals surface area contributed by atoms with E-state index in [9.17, 15) is 0 Å². The fraction of sp³-hybridized carbons (Fsp3) is 0.143. The molecule has 0 bridgehead atoms. The lowest BCUT2D eigenvalue weighted by Gasteiger charge is -2.07. The highest BCUT2D eigenvalue weighted by atomic mass is 35.5. The highest BCUT2D eigenvalue weighted by Gasteiger charge is 2.18. The highest BCUT2D eigenvalue weighted by Crippen LogP contribution is 2.17. The molecule has 50 valence electrons. The van der Waals surface area contributed by atoms with E-state index < -0.39 is 0 Å². The van der Waals surface area contributed by atoms with E-state index in [1.807, 2.05) is 18.2 Å². The molecule has 1 atom stereocenters. The minimum absolute atomic E-state index is 0.0949. The Kier molecular flexibility index (Phi) is 1.21. The van der Waals surface area contributed by atoms with Crippen LogP contribution >= 0.6 is 11.6 Å². The van der Waals surface area contributed by atoms with Gasteiger partial charge in [0, 0.05) is 5.57 Å². The summed E-state index contributed by atoms with van der Waals surface area (Å²) < 4.78 is 0. The Morgan fingerprint density at radius 3 is 3.20 bits per heavy atom. The minimum atomic E-state index is -0.0949. The fourth-order valence-corrected chi connectivity index (χ4v) is 1.22. The number of allylic oxidation sites excluding steroid dienone is 4. The SMILES string of the molecule is Cl[C@H]1C=CC=C2C=NN=C21. The molecule has 0 unspecified atom stereocenters. The summed E-state index contributed by atoms with van der Waals surface area (Å²) >= 11 is 5.88. The van der Waals surface area contributed by atoms with Crippen LogP contribution in [-0.4, -0.2) is 17.3 Å². The van der Waals surface area contributed by atoms with Gasteiger partial charge in [-0.25, -0.2) is 0 Å². The van der Waals surface area contributed by atoms with Crippen molar-refractivity contribution >= 4 is 23.5 Å². The van der Waals surface area contributed by atoms with Crippen molar-refractivity contribution in [2.45, 2.75) is 5.38 Å². The van der Waals surface area contributed by atoms with Gasteiger partial charge in [-0.3, -0.25) is 0 Å². The summed E-state index contributed by atoms with van der Waals surface area (Å²) in [4.78, 5) is 0. The molecule has 1 heterocycles. The third-order valence-corrected chi connectivity index (χ3v) is 1.83. The van der Waals surface area contributed by atoms with Gasteiger partial charge in [0.1, 0.15) is 0 Å². The van der Waals surface area contributed by atoms with Crippen molar-refractivity contribution < 1.29 is 0 Å². The molecule has 0 saturated carbocycles. The van der Waals surface area contributed by atoms with Crippen molar-refractivity contribution in [2.24, 2.45) is 10.2 Å². The molecule has 2 aliphatic rings. The Morgan fingerprint density at radius 2 is 2.40 bits per heavy atom. The predicted molar refractivity (Wildman–Crippen MR) is 42.8 cm³/mol. The third kappa shape index (κ3) is 0.727. The average Bonchev–Trinajstić information content (AvgIpc) is 2.36. The number of hydrogen-bond donors (Lipinski definition) is 0. The first kappa shape index (κ1) is 5.86. The maximum Gasteiger partial charge on any atom is 0.0966 e. The standard InChI is InChI=1S/C7H5ClN2/c8-6-3-1-2-5-4-9-10-7(5)6/h1-4,6H/t6-/m0/s1. The van der Waals surface area contributed by atoms with Crippen molar-refractivity contribution in [1.29, 1.82) is 0 Å². The van der Waals surface area contributed by atoms with Crippen molar-refractivity contribution in [3.63, 3.8) is 0 Å². The molecule has 3 heteroatoms. The van der Waals surface area contributed by atoms with Crippen LogP contribution in [0.1, 0.15) is 0 Å². The monoisotopic (exact) mass is 152 g/mol. The quantitative estimate of drug-likeness (QED) is 0.471. The summed E-state index contributed by atoms with van der Waals surface area (Å²) in [6.45, 7) is 0. The second-order valence-electron chi connectivity index (χ2n) is 2.14. The van der Waals surface area contributed by atoms with Gasteiger partial charge in [0.15, 0.2) is 0 Å². The zero-order chi connectivity index (χ0) is 6.97. The molecule has 0 radical (unpaired) electrons. The van der Waals surface area contributed by atoms with Gasteiger partial charge in [-0.15, -0.1) is 11.6 Å². The maximum absolute atomic E-state index is 5.88. The van der Waals surface area contributed by atoms with Crippen LogP contribution < -0.4 is 0 Å². The van der Waals surface area contributed by atoms with Crippen molar-refractivity contribution in [3.8, 4) is 0 Å². The van der Waals surface area contributed by atoms with Crippen molar-refractivity contribution in [2.75, 3.05) is 0 Å². The van der Waals surface area contributed by atoms with Crippen molar-refractivity contribution in [1.82, 2.24) is 0 Å². The summed E-state index contributed by atoms with van der Waals surface area (Å²) in [6.07, 6.45) is 7.48. The van der Waals surface area contributed by atoms with Gasteiger partial charge in [-0.05, 0) is 0 Å². The zero-order valence-electron chi connectivity index (χ0n) is 5.16. The van der Waals surface area contributed by atoms with Gasteiger partial charge < -0.3 is 0 Å². The Bertz CT molecular complexity index is 273. The maximum atomic E-state index is 5.88. The molecule has 0 fully saturated rings. The Labute approximate surface area is 63.6 Å². The summed E-state index contributed by atoms with van der Waals surface area (Å²) in [5.41, 5.74) is 1.90. The van der Waals surface area contributed by atoms with E-state index in [2.05, 4.69) is 10.2 Å². The molecule has 0 aromatic rings. The summed E-state index contributed by atoms with van der Waals surface area (Å²) in [6, 6.07) is 0. The van der Waals surface area contributed by atoms with Gasteiger partial charge in [-0.1, -0.05) is 18.2 Å². The first-order valence-electron chi connectivity index (χ1n) is 3.02. The molecule has 0 N–H and O–H groups in total. The van der Waals surface area contributed by atoms with Crippen LogP contribution in [0.4, 0.5) is 0 Å². The first-order chi connectivity index (χ1) is 4.88. The number of fused-ring (bicyclic) bond motifs is 1. The van der Waals surface area contributed by atoms with Crippen LogP contribution in [0.25, 0.3) is 0 Å². The van der Waals surface area contributed by atoms with E-state index in [4.69, 9.17) is 11.6 Å². The summed E-state index contributed by atoms with van der Waals surface area (Å²) in [7, 11) is 0. The largest absolute Gasteiger partial charge is 0.158 e. The normalized spacial score (nSPS) is 27.9. The van der Waals surface area contributed by atoms with E-state index in [1.165, 1.54) is 0 Å². The topological polar surface area (TPSA) is 24.7 Å². The Balaban J connectivity index is 2.45. The highest BCUT2D eigenvalue weighted by molar-refractivity contribution is 6.40. The first-order valence-corrected chi connectivity index (χ1v) is 3.45. The zero-order valence-corrected chi connectivity index (χ0v) is 5.92. The van der Waals surface area contributed by atoms with Gasteiger partial charge in [0.2, 0.25) is 0 Å². The fourth-order valence-electron chi connectivity index (χ4n) is 0.968. The van der Waals surface area contributed by atoms with Gasteiger partial charge in [0.25, 0.3) is 0 Å². The van der Waals surface area contributed by atoms with E-state index in [-0.39, 0.29) is 5.38 Å². The second-order valence-corrected chi connectivity index (χ2v) is 2.61. The van der Waals surface area contributed by atoms with Crippen LogP contribution in [0.2, 0.25) is 0 Å². The molecule has 0 amide bonds. The predicted octanol–water partition coefficient (Wildman–Crippen LogP) is 1.53. The lowest BCUT2D eigenvalue weighted by molar-refractivity contribution is 1.25. The molecule has 0 aromatic carbocycles. The van der Waals surface area contributed by atoms with Crippen LogP contribution in [-0.2, 0) is 0 Å². The molecular weight excluding hydrogens is 148 g/mol. The molecule has 1 aliphatic heterocycles. The Morgan fingerprint density at radius 1 is 1.50 bits per heavy atom. The van der Waals surface area contributed by atoms with Crippen LogP contribution in [0.15, 0.2) is 34.0 Å². The number of halogens is 1. The summed E-state index contributed by atoms with van der Waals surface area (Å²) in [5.74, 6) is 0. The number of hydrogen-bond acceptors (Lipinski definition) is 2. The van der Waals surface area contributed by atoms with E-state index in [0.29, 0.717) is 0 Å². The van der Waals surface area contributed by atoms with E-state index in [1.54, 1.807) is 6.21 Å². The van der Waals surface area contributed by atoms with Crippen molar-refractivity contribution in [3.05, 3.63) is 23.8 Å².